The molecule has 0 unspecified atom stereocenters. The number of rotatable bonds is 5. The van der Waals surface area contributed by atoms with E-state index in [1.807, 2.05) is 46.7 Å². The van der Waals surface area contributed by atoms with E-state index in [0.717, 1.165) is 34.5 Å². The molecule has 3 amide bonds. The molecule has 2 aliphatic rings. The standard InChI is InChI=1S/C25H24N4O3S/c30-23(27-15-16-3-1-9-26-14-16)18-5-6-20-19(13-18)22(24(31)28-20)17-7-10-29(11-8-17)25(32)21-4-2-12-33-21/h1-6,9,12-14,17,22H,7-8,10-11,15H2,(H,27,30)(H,28,31)/t22-/m1/s1. The topological polar surface area (TPSA) is 91.4 Å². The van der Waals surface area contributed by atoms with Crippen LogP contribution in [0.4, 0.5) is 5.69 Å². The maximum Gasteiger partial charge on any atom is 0.263 e. The van der Waals surface area contributed by atoms with Gasteiger partial charge in [0.25, 0.3) is 11.8 Å². The number of nitrogens with zero attached hydrogens (tertiary/aromatic N) is 2. The van der Waals surface area contributed by atoms with Crippen molar-refractivity contribution in [2.75, 3.05) is 18.4 Å². The number of fused-ring (bicyclic) bond motifs is 1. The first-order valence-electron chi connectivity index (χ1n) is 11.0. The maximum atomic E-state index is 12.8. The molecule has 0 bridgehead atoms. The molecule has 3 aromatic rings. The van der Waals surface area contributed by atoms with Gasteiger partial charge in [-0.05, 0) is 65.6 Å². The summed E-state index contributed by atoms with van der Waals surface area (Å²) in [4.78, 5) is 44.9. The van der Waals surface area contributed by atoms with Gasteiger partial charge in [0.05, 0.1) is 10.8 Å². The molecular formula is C25H24N4O3S. The second-order valence-corrected chi connectivity index (χ2v) is 9.37. The Morgan fingerprint density at radius 1 is 1.15 bits per heavy atom. The number of nitrogens with one attached hydrogen (secondary N) is 2. The Labute approximate surface area is 195 Å². The molecular weight excluding hydrogens is 436 g/mol. The molecule has 2 aromatic heterocycles. The largest absolute Gasteiger partial charge is 0.348 e. The Morgan fingerprint density at radius 2 is 2.00 bits per heavy atom. The van der Waals surface area contributed by atoms with Crippen LogP contribution >= 0.6 is 11.3 Å². The summed E-state index contributed by atoms with van der Waals surface area (Å²) in [7, 11) is 0. The zero-order valence-electron chi connectivity index (χ0n) is 18.0. The fourth-order valence-electron chi connectivity index (χ4n) is 4.67. The van der Waals surface area contributed by atoms with Crippen molar-refractivity contribution in [2.45, 2.75) is 25.3 Å². The van der Waals surface area contributed by atoms with E-state index in [-0.39, 0.29) is 29.6 Å². The lowest BCUT2D eigenvalue weighted by molar-refractivity contribution is -0.118. The normalized spacial score (nSPS) is 18.0. The quantitative estimate of drug-likeness (QED) is 0.608. The van der Waals surface area contributed by atoms with E-state index in [1.54, 1.807) is 18.5 Å². The summed E-state index contributed by atoms with van der Waals surface area (Å²) >= 11 is 1.45. The number of piperidine rings is 1. The number of aromatic nitrogens is 1. The Kier molecular flexibility index (Phi) is 5.92. The highest BCUT2D eigenvalue weighted by atomic mass is 32.1. The van der Waals surface area contributed by atoms with Crippen molar-refractivity contribution in [2.24, 2.45) is 5.92 Å². The monoisotopic (exact) mass is 460 g/mol. The average Bonchev–Trinajstić information content (AvgIpc) is 3.50. The van der Waals surface area contributed by atoms with Crippen LogP contribution in [0.1, 0.15) is 49.9 Å². The first-order valence-corrected chi connectivity index (χ1v) is 11.9. The van der Waals surface area contributed by atoms with Crippen LogP contribution in [0.2, 0.25) is 0 Å². The van der Waals surface area contributed by atoms with Gasteiger partial charge in [-0.2, -0.15) is 0 Å². The van der Waals surface area contributed by atoms with Gasteiger partial charge in [-0.25, -0.2) is 0 Å². The summed E-state index contributed by atoms with van der Waals surface area (Å²) in [6.07, 6.45) is 4.92. The fourth-order valence-corrected chi connectivity index (χ4v) is 5.36. The molecule has 1 fully saturated rings. The molecule has 1 saturated heterocycles. The summed E-state index contributed by atoms with van der Waals surface area (Å²) in [6, 6.07) is 12.8. The number of carbonyl (C=O) groups is 3. The van der Waals surface area contributed by atoms with Gasteiger partial charge in [0, 0.05) is 43.3 Å². The van der Waals surface area contributed by atoms with Crippen LogP contribution in [0.5, 0.6) is 0 Å². The predicted molar refractivity (Wildman–Crippen MR) is 126 cm³/mol. The molecule has 1 aromatic carbocycles. The molecule has 0 spiro atoms. The van der Waals surface area contributed by atoms with Crippen LogP contribution in [-0.2, 0) is 11.3 Å². The first-order chi connectivity index (χ1) is 16.1. The highest BCUT2D eigenvalue weighted by Gasteiger charge is 2.39. The van der Waals surface area contributed by atoms with Gasteiger partial charge in [0.15, 0.2) is 0 Å². The molecule has 7 nitrogen and oxygen atoms in total. The smallest absolute Gasteiger partial charge is 0.263 e. The van der Waals surface area contributed by atoms with Crippen LogP contribution in [0.3, 0.4) is 0 Å². The number of pyridine rings is 1. The zero-order chi connectivity index (χ0) is 22.8. The van der Waals surface area contributed by atoms with E-state index >= 15 is 0 Å². The van der Waals surface area contributed by atoms with Crippen LogP contribution in [0.15, 0.2) is 60.2 Å². The number of thiophene rings is 1. The lowest BCUT2D eigenvalue weighted by Gasteiger charge is -2.34. The number of carbonyl (C=O) groups excluding carboxylic acids is 3. The van der Waals surface area contributed by atoms with Crippen molar-refractivity contribution in [1.29, 1.82) is 0 Å². The van der Waals surface area contributed by atoms with Crippen molar-refractivity contribution in [1.82, 2.24) is 15.2 Å². The third-order valence-corrected chi connectivity index (χ3v) is 7.25. The minimum absolute atomic E-state index is 0.0269. The number of hydrogen-bond donors (Lipinski definition) is 2. The molecule has 2 aliphatic heterocycles. The van der Waals surface area contributed by atoms with Gasteiger partial charge in [-0.15, -0.1) is 11.3 Å². The van der Waals surface area contributed by atoms with Crippen molar-refractivity contribution in [3.05, 3.63) is 81.8 Å². The van der Waals surface area contributed by atoms with Gasteiger partial charge >= 0.3 is 0 Å². The summed E-state index contributed by atoms with van der Waals surface area (Å²) < 4.78 is 0. The van der Waals surface area contributed by atoms with Crippen LogP contribution in [0, 0.1) is 5.92 Å². The number of hydrogen-bond acceptors (Lipinski definition) is 5. The molecule has 1 atom stereocenters. The molecule has 33 heavy (non-hydrogen) atoms. The highest BCUT2D eigenvalue weighted by molar-refractivity contribution is 7.12. The van der Waals surface area contributed by atoms with E-state index in [1.165, 1.54) is 11.3 Å². The molecule has 0 radical (unpaired) electrons. The molecule has 0 saturated carbocycles. The van der Waals surface area contributed by atoms with E-state index < -0.39 is 0 Å². The lowest BCUT2D eigenvalue weighted by Crippen LogP contribution is -2.40. The SMILES string of the molecule is O=C(NCc1cccnc1)c1ccc2c(c1)[C@@H](C1CCN(C(=O)c3cccs3)CC1)C(=O)N2. The Bertz CT molecular complexity index is 1170. The summed E-state index contributed by atoms with van der Waals surface area (Å²) in [5.74, 6) is -0.318. The summed E-state index contributed by atoms with van der Waals surface area (Å²) in [6.45, 7) is 1.65. The third-order valence-electron chi connectivity index (χ3n) is 6.40. The van der Waals surface area contributed by atoms with Gasteiger partial charge in [-0.3, -0.25) is 19.4 Å². The Morgan fingerprint density at radius 3 is 2.73 bits per heavy atom. The van der Waals surface area contributed by atoms with E-state index in [9.17, 15) is 14.4 Å². The van der Waals surface area contributed by atoms with Crippen LogP contribution in [-0.4, -0.2) is 40.7 Å². The van der Waals surface area contributed by atoms with E-state index in [2.05, 4.69) is 15.6 Å². The van der Waals surface area contributed by atoms with E-state index in [4.69, 9.17) is 0 Å². The van der Waals surface area contributed by atoms with Crippen molar-refractivity contribution in [3.63, 3.8) is 0 Å². The third kappa shape index (κ3) is 4.39. The minimum atomic E-state index is -0.301. The number of anilines is 1. The minimum Gasteiger partial charge on any atom is -0.348 e. The predicted octanol–water partition coefficient (Wildman–Crippen LogP) is 3.66. The van der Waals surface area contributed by atoms with Gasteiger partial charge < -0.3 is 15.5 Å². The Balaban J connectivity index is 1.27. The summed E-state index contributed by atoms with van der Waals surface area (Å²) in [5, 5.41) is 7.79. The molecule has 5 rings (SSSR count). The van der Waals surface area contributed by atoms with Gasteiger partial charge in [-0.1, -0.05) is 12.1 Å². The second kappa shape index (κ2) is 9.15. The number of benzene rings is 1. The van der Waals surface area contributed by atoms with Crippen molar-refractivity contribution >= 4 is 34.7 Å². The first kappa shape index (κ1) is 21.3. The van der Waals surface area contributed by atoms with Crippen molar-refractivity contribution < 1.29 is 14.4 Å². The number of amides is 3. The molecule has 2 N–H and O–H groups in total. The molecule has 168 valence electrons. The average molecular weight is 461 g/mol. The van der Waals surface area contributed by atoms with Gasteiger partial charge in [0.1, 0.15) is 0 Å². The Hall–Kier alpha value is -3.52. The van der Waals surface area contributed by atoms with Crippen LogP contribution < -0.4 is 10.6 Å². The lowest BCUT2D eigenvalue weighted by atomic mass is 9.80. The number of likely N-dealkylation sites (tertiary alicyclic amines) is 1. The van der Waals surface area contributed by atoms with Crippen LogP contribution in [0.25, 0.3) is 0 Å². The fraction of sp³-hybridized carbons (Fsp3) is 0.280. The molecule has 4 heterocycles. The maximum absolute atomic E-state index is 12.8. The molecule has 8 heteroatoms. The van der Waals surface area contributed by atoms with Crippen molar-refractivity contribution in [3.8, 4) is 0 Å². The zero-order valence-corrected chi connectivity index (χ0v) is 18.8. The molecule has 0 aliphatic carbocycles. The van der Waals surface area contributed by atoms with E-state index in [0.29, 0.717) is 25.2 Å². The summed E-state index contributed by atoms with van der Waals surface area (Å²) in [5.41, 5.74) is 3.10. The van der Waals surface area contributed by atoms with Gasteiger partial charge in [0.2, 0.25) is 5.91 Å². The highest BCUT2D eigenvalue weighted by Crippen LogP contribution is 2.42. The second-order valence-electron chi connectivity index (χ2n) is 8.42.